The molecule has 0 saturated heterocycles. The molecule has 3 aromatic carbocycles. The molecule has 0 aliphatic rings. The number of nitrogens with one attached hydrogen (secondary N) is 2. The van der Waals surface area contributed by atoms with Gasteiger partial charge in [0.25, 0.3) is 5.91 Å². The standard InChI is InChI=1S/C19H16N2O2/c1-13(22)20-17-8-4-5-9-18(17)21-19(23)16-11-10-14-6-2-3-7-15(14)12-16/h2-12H,1H3,(H,20,22)(H,21,23). The van der Waals surface area contributed by atoms with Gasteiger partial charge in [-0.3, -0.25) is 9.59 Å². The highest BCUT2D eigenvalue weighted by Crippen LogP contribution is 2.22. The normalized spacial score (nSPS) is 10.3. The van der Waals surface area contributed by atoms with Crippen LogP contribution in [0, 0.1) is 0 Å². The number of benzene rings is 3. The van der Waals surface area contributed by atoms with Crippen molar-refractivity contribution in [2.75, 3.05) is 10.6 Å². The summed E-state index contributed by atoms with van der Waals surface area (Å²) in [6, 6.07) is 20.6. The molecule has 114 valence electrons. The molecule has 2 amide bonds. The first-order valence-corrected chi connectivity index (χ1v) is 7.30. The number of amides is 2. The molecule has 3 rings (SSSR count). The van der Waals surface area contributed by atoms with Crippen molar-refractivity contribution >= 4 is 34.0 Å². The average molecular weight is 304 g/mol. The molecule has 3 aromatic rings. The average Bonchev–Trinajstić information content (AvgIpc) is 2.55. The topological polar surface area (TPSA) is 58.2 Å². The molecule has 0 bridgehead atoms. The summed E-state index contributed by atoms with van der Waals surface area (Å²) in [6.07, 6.45) is 0. The van der Waals surface area contributed by atoms with Crippen LogP contribution in [0.3, 0.4) is 0 Å². The Balaban J connectivity index is 1.87. The molecule has 0 fully saturated rings. The van der Waals surface area contributed by atoms with Crippen molar-refractivity contribution in [3.63, 3.8) is 0 Å². The fourth-order valence-corrected chi connectivity index (χ4v) is 2.42. The Kier molecular flexibility index (Phi) is 4.06. The van der Waals surface area contributed by atoms with Crippen molar-refractivity contribution in [3.8, 4) is 0 Å². The van der Waals surface area contributed by atoms with Crippen LogP contribution in [0.2, 0.25) is 0 Å². The smallest absolute Gasteiger partial charge is 0.255 e. The third-order valence-electron chi connectivity index (χ3n) is 3.50. The van der Waals surface area contributed by atoms with Crippen LogP contribution in [0.1, 0.15) is 17.3 Å². The monoisotopic (exact) mass is 304 g/mol. The van der Waals surface area contributed by atoms with Crippen LogP contribution < -0.4 is 10.6 Å². The Labute approximate surface area is 134 Å². The molecule has 23 heavy (non-hydrogen) atoms. The fourth-order valence-electron chi connectivity index (χ4n) is 2.42. The van der Waals surface area contributed by atoms with Crippen molar-refractivity contribution in [1.82, 2.24) is 0 Å². The Hall–Kier alpha value is -3.14. The number of hydrogen-bond donors (Lipinski definition) is 2. The zero-order valence-corrected chi connectivity index (χ0v) is 12.7. The quantitative estimate of drug-likeness (QED) is 0.767. The highest BCUT2D eigenvalue weighted by Gasteiger charge is 2.10. The molecule has 0 aromatic heterocycles. The number of rotatable bonds is 3. The second-order valence-corrected chi connectivity index (χ2v) is 5.24. The van der Waals surface area contributed by atoms with E-state index < -0.39 is 0 Å². The SMILES string of the molecule is CC(=O)Nc1ccccc1NC(=O)c1ccc2ccccc2c1. The van der Waals surface area contributed by atoms with Gasteiger partial charge < -0.3 is 10.6 Å². The van der Waals surface area contributed by atoms with E-state index in [1.807, 2.05) is 36.4 Å². The minimum atomic E-state index is -0.214. The maximum absolute atomic E-state index is 12.5. The molecule has 0 heterocycles. The highest BCUT2D eigenvalue weighted by molar-refractivity contribution is 6.08. The van der Waals surface area contributed by atoms with E-state index >= 15 is 0 Å². The molecule has 4 heteroatoms. The molecular formula is C19H16N2O2. The Morgan fingerprint density at radius 2 is 1.35 bits per heavy atom. The molecule has 4 nitrogen and oxygen atoms in total. The van der Waals surface area contributed by atoms with Gasteiger partial charge in [0.15, 0.2) is 0 Å². The summed E-state index contributed by atoms with van der Waals surface area (Å²) in [4.78, 5) is 23.7. The zero-order valence-electron chi connectivity index (χ0n) is 12.7. The highest BCUT2D eigenvalue weighted by atomic mass is 16.2. The van der Waals surface area contributed by atoms with Crippen LogP contribution in [0.5, 0.6) is 0 Å². The van der Waals surface area contributed by atoms with E-state index in [2.05, 4.69) is 10.6 Å². The van der Waals surface area contributed by atoms with Crippen LogP contribution in [0.4, 0.5) is 11.4 Å². The van der Waals surface area contributed by atoms with Gasteiger partial charge in [-0.15, -0.1) is 0 Å². The van der Waals surface area contributed by atoms with E-state index in [9.17, 15) is 9.59 Å². The van der Waals surface area contributed by atoms with E-state index in [1.165, 1.54) is 6.92 Å². The first kappa shape index (κ1) is 14.8. The summed E-state index contributed by atoms with van der Waals surface area (Å²) in [6.45, 7) is 1.43. The van der Waals surface area contributed by atoms with Crippen molar-refractivity contribution in [1.29, 1.82) is 0 Å². The lowest BCUT2D eigenvalue weighted by atomic mass is 10.1. The fraction of sp³-hybridized carbons (Fsp3) is 0.0526. The van der Waals surface area contributed by atoms with Crippen LogP contribution >= 0.6 is 0 Å². The molecule has 0 radical (unpaired) electrons. The molecule has 0 unspecified atom stereocenters. The molecule has 0 aliphatic carbocycles. The summed E-state index contributed by atoms with van der Waals surface area (Å²) in [5.74, 6) is -0.397. The number of hydrogen-bond acceptors (Lipinski definition) is 2. The number of anilines is 2. The lowest BCUT2D eigenvalue weighted by molar-refractivity contribution is -0.114. The number of para-hydroxylation sites is 2. The second kappa shape index (κ2) is 6.32. The largest absolute Gasteiger partial charge is 0.325 e. The van der Waals surface area contributed by atoms with Crippen molar-refractivity contribution in [3.05, 3.63) is 72.3 Å². The third-order valence-corrected chi connectivity index (χ3v) is 3.50. The minimum absolute atomic E-state index is 0.183. The lowest BCUT2D eigenvalue weighted by Gasteiger charge is -2.11. The summed E-state index contributed by atoms with van der Waals surface area (Å²) in [7, 11) is 0. The van der Waals surface area contributed by atoms with Gasteiger partial charge in [0.05, 0.1) is 11.4 Å². The molecule has 0 spiro atoms. The van der Waals surface area contributed by atoms with Gasteiger partial charge in [0, 0.05) is 12.5 Å². The maximum atomic E-state index is 12.5. The summed E-state index contributed by atoms with van der Waals surface area (Å²) in [5, 5.41) is 7.64. The van der Waals surface area contributed by atoms with Gasteiger partial charge in [-0.05, 0) is 35.0 Å². The third kappa shape index (κ3) is 3.37. The predicted octanol–water partition coefficient (Wildman–Crippen LogP) is 4.05. The van der Waals surface area contributed by atoms with Gasteiger partial charge in [0.1, 0.15) is 0 Å². The van der Waals surface area contributed by atoms with Gasteiger partial charge in [-0.2, -0.15) is 0 Å². The van der Waals surface area contributed by atoms with E-state index in [4.69, 9.17) is 0 Å². The summed E-state index contributed by atoms with van der Waals surface area (Å²) < 4.78 is 0. The Morgan fingerprint density at radius 1 is 0.739 bits per heavy atom. The molecule has 0 saturated carbocycles. The number of carbonyl (C=O) groups is 2. The molecule has 2 N–H and O–H groups in total. The zero-order chi connectivity index (χ0) is 16.2. The van der Waals surface area contributed by atoms with Crippen LogP contribution in [0.25, 0.3) is 10.8 Å². The van der Waals surface area contributed by atoms with Crippen LogP contribution in [0.15, 0.2) is 66.7 Å². The van der Waals surface area contributed by atoms with E-state index in [0.29, 0.717) is 16.9 Å². The second-order valence-electron chi connectivity index (χ2n) is 5.24. The maximum Gasteiger partial charge on any atom is 0.255 e. The van der Waals surface area contributed by atoms with Crippen LogP contribution in [-0.2, 0) is 4.79 Å². The Morgan fingerprint density at radius 3 is 2.04 bits per heavy atom. The number of carbonyl (C=O) groups excluding carboxylic acids is 2. The summed E-state index contributed by atoms with van der Waals surface area (Å²) in [5.41, 5.74) is 1.72. The first-order chi connectivity index (χ1) is 11.1. The number of fused-ring (bicyclic) bond motifs is 1. The van der Waals surface area contributed by atoms with Crippen molar-refractivity contribution in [2.45, 2.75) is 6.92 Å². The minimum Gasteiger partial charge on any atom is -0.325 e. The summed E-state index contributed by atoms with van der Waals surface area (Å²) >= 11 is 0. The molecule has 0 atom stereocenters. The molecule has 0 aliphatic heterocycles. The first-order valence-electron chi connectivity index (χ1n) is 7.30. The molecular weight excluding hydrogens is 288 g/mol. The van der Waals surface area contributed by atoms with Crippen LogP contribution in [-0.4, -0.2) is 11.8 Å². The van der Waals surface area contributed by atoms with Gasteiger partial charge >= 0.3 is 0 Å². The predicted molar refractivity (Wildman–Crippen MR) is 92.6 cm³/mol. The van der Waals surface area contributed by atoms with Gasteiger partial charge in [0.2, 0.25) is 5.91 Å². The van der Waals surface area contributed by atoms with Gasteiger partial charge in [-0.25, -0.2) is 0 Å². The lowest BCUT2D eigenvalue weighted by Crippen LogP contribution is -2.15. The van der Waals surface area contributed by atoms with Gasteiger partial charge in [-0.1, -0.05) is 42.5 Å². The van der Waals surface area contributed by atoms with E-state index in [0.717, 1.165) is 10.8 Å². The van der Waals surface area contributed by atoms with E-state index in [-0.39, 0.29) is 11.8 Å². The van der Waals surface area contributed by atoms with Crippen molar-refractivity contribution in [2.24, 2.45) is 0 Å². The van der Waals surface area contributed by atoms with E-state index in [1.54, 1.807) is 30.3 Å². The van der Waals surface area contributed by atoms with Crippen molar-refractivity contribution < 1.29 is 9.59 Å². The Bertz CT molecular complexity index is 887.